The van der Waals surface area contributed by atoms with Crippen LogP contribution in [0.4, 0.5) is 0 Å². The lowest BCUT2D eigenvalue weighted by atomic mass is 10.4. The largest absolute Gasteiger partial charge is 0.311 e. The summed E-state index contributed by atoms with van der Waals surface area (Å²) in [4.78, 5) is 0. The van der Waals surface area contributed by atoms with E-state index in [9.17, 15) is 8.42 Å². The van der Waals surface area contributed by atoms with Crippen LogP contribution < -0.4 is 5.32 Å². The predicted octanol–water partition coefficient (Wildman–Crippen LogP) is -1.01. The van der Waals surface area contributed by atoms with E-state index in [1.165, 1.54) is 6.26 Å². The van der Waals surface area contributed by atoms with Crippen molar-refractivity contribution in [2.75, 3.05) is 19.3 Å². The molecule has 64 valence electrons. The van der Waals surface area contributed by atoms with Gasteiger partial charge in [-0.2, -0.15) is 4.31 Å². The maximum Gasteiger partial charge on any atom is 0.211 e. The Morgan fingerprint density at radius 1 is 1.55 bits per heavy atom. The summed E-state index contributed by atoms with van der Waals surface area (Å²) >= 11 is 0. The molecule has 2 rings (SSSR count). The minimum Gasteiger partial charge on any atom is -0.311 e. The molecule has 2 fully saturated rings. The van der Waals surface area contributed by atoms with E-state index in [4.69, 9.17) is 0 Å². The van der Waals surface area contributed by atoms with Gasteiger partial charge in [0, 0.05) is 25.2 Å². The number of piperazine rings is 1. The monoisotopic (exact) mass is 176 g/mol. The van der Waals surface area contributed by atoms with Gasteiger partial charge >= 0.3 is 0 Å². The smallest absolute Gasteiger partial charge is 0.211 e. The summed E-state index contributed by atoms with van der Waals surface area (Å²) in [5, 5.41) is 3.25. The van der Waals surface area contributed by atoms with E-state index in [0.29, 0.717) is 12.6 Å². The number of fused-ring (bicyclic) bond motifs is 1. The molecule has 4 nitrogen and oxygen atoms in total. The molecule has 0 aromatic heterocycles. The van der Waals surface area contributed by atoms with Gasteiger partial charge in [-0.05, 0) is 6.42 Å². The Bertz CT molecular complexity index is 262. The number of nitrogens with one attached hydrogen (secondary N) is 1. The van der Waals surface area contributed by atoms with Crippen LogP contribution in [0.5, 0.6) is 0 Å². The molecular formula is C6H12N2O2S. The van der Waals surface area contributed by atoms with Crippen molar-refractivity contribution in [3.8, 4) is 0 Å². The second-order valence-electron chi connectivity index (χ2n) is 3.24. The minimum absolute atomic E-state index is 0.263. The summed E-state index contributed by atoms with van der Waals surface area (Å²) in [6, 6.07) is 0.706. The summed E-state index contributed by atoms with van der Waals surface area (Å²) in [6.07, 6.45) is 2.28. The fraction of sp³-hybridized carbons (Fsp3) is 1.00. The molecule has 5 heteroatoms. The Kier molecular flexibility index (Phi) is 1.49. The Balaban J connectivity index is 2.15. The number of nitrogens with zero attached hydrogens (tertiary/aromatic N) is 1. The van der Waals surface area contributed by atoms with Crippen molar-refractivity contribution in [2.45, 2.75) is 18.5 Å². The van der Waals surface area contributed by atoms with Gasteiger partial charge in [-0.15, -0.1) is 0 Å². The zero-order chi connectivity index (χ0) is 8.06. The van der Waals surface area contributed by atoms with Crippen LogP contribution in [-0.2, 0) is 10.0 Å². The maximum atomic E-state index is 11.1. The minimum atomic E-state index is -2.94. The normalized spacial score (nSPS) is 38.3. The molecule has 1 heterocycles. The number of hydrogen-bond donors (Lipinski definition) is 1. The molecule has 2 unspecified atom stereocenters. The number of rotatable bonds is 1. The van der Waals surface area contributed by atoms with E-state index < -0.39 is 10.0 Å². The fourth-order valence-corrected chi connectivity index (χ4v) is 2.80. The molecule has 1 N–H and O–H groups in total. The number of hydrogen-bond acceptors (Lipinski definition) is 3. The average molecular weight is 176 g/mol. The molecule has 0 spiro atoms. The van der Waals surface area contributed by atoms with Crippen LogP contribution in [0.2, 0.25) is 0 Å². The number of sulfonamides is 1. The van der Waals surface area contributed by atoms with Crippen LogP contribution in [0, 0.1) is 0 Å². The van der Waals surface area contributed by atoms with Gasteiger partial charge in [0.2, 0.25) is 10.0 Å². The van der Waals surface area contributed by atoms with Crippen LogP contribution in [0.3, 0.4) is 0 Å². The quantitative estimate of drug-likeness (QED) is 0.557. The molecule has 11 heavy (non-hydrogen) atoms. The third-order valence-corrected chi connectivity index (χ3v) is 3.60. The lowest BCUT2D eigenvalue weighted by Crippen LogP contribution is -2.45. The molecule has 2 aliphatic rings. The van der Waals surface area contributed by atoms with E-state index in [1.807, 2.05) is 0 Å². The topological polar surface area (TPSA) is 49.4 Å². The highest BCUT2D eigenvalue weighted by molar-refractivity contribution is 7.88. The first-order valence-electron chi connectivity index (χ1n) is 3.79. The van der Waals surface area contributed by atoms with Crippen LogP contribution >= 0.6 is 0 Å². The lowest BCUT2D eigenvalue weighted by Gasteiger charge is -2.24. The van der Waals surface area contributed by atoms with Gasteiger partial charge in [0.25, 0.3) is 0 Å². The lowest BCUT2D eigenvalue weighted by molar-refractivity contribution is 0.353. The molecule has 0 aromatic carbocycles. The van der Waals surface area contributed by atoms with Crippen molar-refractivity contribution >= 4 is 10.0 Å². The van der Waals surface area contributed by atoms with Gasteiger partial charge in [0.05, 0.1) is 6.26 Å². The van der Waals surface area contributed by atoms with E-state index in [2.05, 4.69) is 5.32 Å². The zero-order valence-electron chi connectivity index (χ0n) is 6.45. The van der Waals surface area contributed by atoms with Crippen LogP contribution in [0.25, 0.3) is 0 Å². The standard InChI is InChI=1S/C6H12N2O2S/c1-11(9,10)8-3-2-7-5-4-6(5)8/h5-7H,2-4H2,1H3. The van der Waals surface area contributed by atoms with E-state index in [1.54, 1.807) is 4.31 Å². The summed E-state index contributed by atoms with van der Waals surface area (Å²) < 4.78 is 23.8. The first kappa shape index (κ1) is 7.52. The van der Waals surface area contributed by atoms with E-state index in [-0.39, 0.29) is 6.04 Å². The molecule has 1 aliphatic heterocycles. The molecule has 0 aromatic rings. The molecule has 1 aliphatic carbocycles. The van der Waals surface area contributed by atoms with Crippen molar-refractivity contribution in [3.05, 3.63) is 0 Å². The highest BCUT2D eigenvalue weighted by Gasteiger charge is 2.47. The highest BCUT2D eigenvalue weighted by Crippen LogP contribution is 2.31. The molecular weight excluding hydrogens is 164 g/mol. The van der Waals surface area contributed by atoms with Crippen LogP contribution in [-0.4, -0.2) is 44.2 Å². The Hall–Kier alpha value is -0.130. The maximum absolute atomic E-state index is 11.1. The van der Waals surface area contributed by atoms with Gasteiger partial charge in [-0.3, -0.25) is 0 Å². The second-order valence-corrected chi connectivity index (χ2v) is 5.17. The van der Waals surface area contributed by atoms with E-state index >= 15 is 0 Å². The van der Waals surface area contributed by atoms with Gasteiger partial charge in [-0.25, -0.2) is 8.42 Å². The van der Waals surface area contributed by atoms with Crippen molar-refractivity contribution in [3.63, 3.8) is 0 Å². The third-order valence-electron chi connectivity index (χ3n) is 2.29. The summed E-state index contributed by atoms with van der Waals surface area (Å²) in [6.45, 7) is 1.44. The molecule has 0 radical (unpaired) electrons. The Morgan fingerprint density at radius 2 is 2.27 bits per heavy atom. The summed E-state index contributed by atoms with van der Waals surface area (Å²) in [7, 11) is -2.94. The Morgan fingerprint density at radius 3 is 2.82 bits per heavy atom. The molecule has 1 saturated carbocycles. The molecule has 0 amide bonds. The summed E-state index contributed by atoms with van der Waals surface area (Å²) in [5.41, 5.74) is 0. The molecule has 1 saturated heterocycles. The predicted molar refractivity (Wildman–Crippen MR) is 41.7 cm³/mol. The molecule has 0 bridgehead atoms. The Labute approximate surface area is 66.6 Å². The van der Waals surface area contributed by atoms with Crippen molar-refractivity contribution < 1.29 is 8.42 Å². The summed E-state index contributed by atoms with van der Waals surface area (Å²) in [5.74, 6) is 0. The van der Waals surface area contributed by atoms with Gasteiger partial charge in [0.15, 0.2) is 0 Å². The third kappa shape index (κ3) is 1.28. The molecule has 2 atom stereocenters. The van der Waals surface area contributed by atoms with Crippen molar-refractivity contribution in [1.82, 2.24) is 9.62 Å². The van der Waals surface area contributed by atoms with Crippen molar-refractivity contribution in [2.24, 2.45) is 0 Å². The van der Waals surface area contributed by atoms with Crippen LogP contribution in [0.1, 0.15) is 6.42 Å². The van der Waals surface area contributed by atoms with Crippen molar-refractivity contribution in [1.29, 1.82) is 0 Å². The SMILES string of the molecule is CS(=O)(=O)N1CCNC2CC21. The first-order chi connectivity index (χ1) is 5.09. The fourth-order valence-electron chi connectivity index (χ4n) is 1.66. The van der Waals surface area contributed by atoms with E-state index in [0.717, 1.165) is 13.0 Å². The highest BCUT2D eigenvalue weighted by atomic mass is 32.2. The van der Waals surface area contributed by atoms with Gasteiger partial charge in [-0.1, -0.05) is 0 Å². The second kappa shape index (κ2) is 2.18. The van der Waals surface area contributed by atoms with Crippen LogP contribution in [0.15, 0.2) is 0 Å². The zero-order valence-corrected chi connectivity index (χ0v) is 7.26. The first-order valence-corrected chi connectivity index (χ1v) is 5.64. The average Bonchev–Trinajstić information content (AvgIpc) is 2.60. The van der Waals surface area contributed by atoms with Gasteiger partial charge in [0.1, 0.15) is 0 Å². The van der Waals surface area contributed by atoms with Gasteiger partial charge < -0.3 is 5.32 Å².